The normalized spacial score (nSPS) is 12.6. The minimum absolute atomic E-state index is 0.146. The van der Waals surface area contributed by atoms with Crippen molar-refractivity contribution in [3.8, 4) is 44.5 Å². The maximum atomic E-state index is 2.56. The number of rotatable bonds is 2. The van der Waals surface area contributed by atoms with E-state index < -0.39 is 0 Å². The third-order valence-electron chi connectivity index (χ3n) is 8.09. The van der Waals surface area contributed by atoms with Gasteiger partial charge in [-0.05, 0) is 62.5 Å². The third kappa shape index (κ3) is 3.07. The molecule has 0 amide bonds. The highest BCUT2D eigenvalue weighted by Gasteiger charge is 2.41. The van der Waals surface area contributed by atoms with E-state index in [4.69, 9.17) is 0 Å². The van der Waals surface area contributed by atoms with Gasteiger partial charge in [-0.25, -0.2) is 0 Å². The Hall–Kier alpha value is -4.82. The average molecular weight is 481 g/mol. The van der Waals surface area contributed by atoms with Crippen molar-refractivity contribution in [2.24, 2.45) is 0 Å². The van der Waals surface area contributed by atoms with Gasteiger partial charge in [-0.1, -0.05) is 127 Å². The Kier molecular flexibility index (Phi) is 4.68. The van der Waals surface area contributed by atoms with Crippen LogP contribution in [0.5, 0.6) is 0 Å². The summed E-state index contributed by atoms with van der Waals surface area (Å²) in [6.45, 7) is 0.146. The molecule has 0 saturated carbocycles. The third-order valence-corrected chi connectivity index (χ3v) is 8.09. The molecule has 1 nitrogen and oxygen atoms in total. The van der Waals surface area contributed by atoms with E-state index in [1.54, 1.807) is 0 Å². The zero-order chi connectivity index (χ0) is 25.1. The second-order valence-corrected chi connectivity index (χ2v) is 10.1. The molecule has 6 aromatic carbocycles. The highest BCUT2D eigenvalue weighted by molar-refractivity contribution is 6.92. The molecule has 0 aromatic heterocycles. The molecule has 0 aliphatic carbocycles. The van der Waals surface area contributed by atoms with Gasteiger partial charge >= 0.3 is 6.85 Å². The van der Waals surface area contributed by atoms with Crippen LogP contribution in [-0.4, -0.2) is 6.85 Å². The van der Waals surface area contributed by atoms with E-state index in [1.807, 2.05) is 0 Å². The van der Waals surface area contributed by atoms with E-state index in [9.17, 15) is 0 Å². The van der Waals surface area contributed by atoms with Crippen molar-refractivity contribution in [3.63, 3.8) is 0 Å². The largest absolute Gasteiger partial charge is 0.376 e. The van der Waals surface area contributed by atoms with Gasteiger partial charge in [0.15, 0.2) is 0 Å². The SMILES string of the molecule is c1ccc(-c2ccccc2-c2ccc3c(c2)-c2ccccc2B2c4ccccc4-c4ccccc4N23)cc1. The van der Waals surface area contributed by atoms with Crippen LogP contribution in [0.25, 0.3) is 44.5 Å². The molecule has 0 N–H and O–H groups in total. The first-order chi connectivity index (χ1) is 18.9. The highest BCUT2D eigenvalue weighted by Crippen LogP contribution is 2.47. The minimum Gasteiger partial charge on any atom is -0.376 e. The maximum Gasteiger partial charge on any atom is 0.329 e. The molecule has 0 unspecified atom stereocenters. The first kappa shape index (κ1) is 21.3. The molecule has 0 spiro atoms. The monoisotopic (exact) mass is 481 g/mol. The van der Waals surface area contributed by atoms with Crippen molar-refractivity contribution in [1.82, 2.24) is 0 Å². The van der Waals surface area contributed by atoms with Crippen LogP contribution in [0.4, 0.5) is 11.4 Å². The first-order valence-electron chi connectivity index (χ1n) is 13.2. The molecule has 2 heteroatoms. The van der Waals surface area contributed by atoms with Crippen LogP contribution in [0.3, 0.4) is 0 Å². The van der Waals surface area contributed by atoms with Gasteiger partial charge in [-0.3, -0.25) is 0 Å². The summed E-state index contributed by atoms with van der Waals surface area (Å²) in [5, 5.41) is 0. The van der Waals surface area contributed by atoms with E-state index in [2.05, 4.69) is 150 Å². The minimum atomic E-state index is 0.146. The lowest BCUT2D eigenvalue weighted by Crippen LogP contribution is -2.59. The quantitative estimate of drug-likeness (QED) is 0.227. The van der Waals surface area contributed by atoms with Crippen molar-refractivity contribution in [1.29, 1.82) is 0 Å². The lowest BCUT2D eigenvalue weighted by atomic mass is 9.43. The van der Waals surface area contributed by atoms with Gasteiger partial charge in [0.2, 0.25) is 0 Å². The van der Waals surface area contributed by atoms with Gasteiger partial charge in [0.05, 0.1) is 0 Å². The Morgan fingerprint density at radius 2 is 0.842 bits per heavy atom. The summed E-state index contributed by atoms with van der Waals surface area (Å²) in [6.07, 6.45) is 0. The Labute approximate surface area is 223 Å². The van der Waals surface area contributed by atoms with Crippen LogP contribution in [0, 0.1) is 0 Å². The topological polar surface area (TPSA) is 3.24 Å². The first-order valence-corrected chi connectivity index (χ1v) is 13.2. The number of anilines is 2. The molecule has 2 aliphatic rings. The smallest absolute Gasteiger partial charge is 0.329 e. The van der Waals surface area contributed by atoms with Crippen LogP contribution >= 0.6 is 0 Å². The summed E-state index contributed by atoms with van der Waals surface area (Å²) in [4.78, 5) is 2.56. The van der Waals surface area contributed by atoms with Crippen molar-refractivity contribution < 1.29 is 0 Å². The number of hydrogen-bond donors (Lipinski definition) is 0. The summed E-state index contributed by atoms with van der Waals surface area (Å²) in [7, 11) is 0. The van der Waals surface area contributed by atoms with Gasteiger partial charge in [-0.2, -0.15) is 0 Å². The van der Waals surface area contributed by atoms with Crippen LogP contribution in [0.15, 0.2) is 146 Å². The fourth-order valence-electron chi connectivity index (χ4n) is 6.46. The van der Waals surface area contributed by atoms with Gasteiger partial charge in [0.25, 0.3) is 0 Å². The summed E-state index contributed by atoms with van der Waals surface area (Å²) < 4.78 is 0. The molecule has 38 heavy (non-hydrogen) atoms. The molecule has 0 atom stereocenters. The second kappa shape index (κ2) is 8.36. The molecule has 6 aromatic rings. The van der Waals surface area contributed by atoms with E-state index in [0.717, 1.165) is 0 Å². The predicted molar refractivity (Wildman–Crippen MR) is 162 cm³/mol. The standard InChI is InChI=1S/C36H24BN/c1-2-12-25(13-3-1)27-14-4-5-15-28(27)26-22-23-36-32(24-26)30-17-7-10-20-34(30)37-33-19-9-6-16-29(33)31-18-8-11-21-35(31)38(36)37/h1-24H. The summed E-state index contributed by atoms with van der Waals surface area (Å²) in [6, 6.07) is 53.2. The Balaban J connectivity index is 1.38. The van der Waals surface area contributed by atoms with Crippen molar-refractivity contribution in [3.05, 3.63) is 146 Å². The molecule has 0 fully saturated rings. The molecular weight excluding hydrogens is 457 g/mol. The number of para-hydroxylation sites is 1. The van der Waals surface area contributed by atoms with E-state index in [-0.39, 0.29) is 6.85 Å². The summed E-state index contributed by atoms with van der Waals surface area (Å²) >= 11 is 0. The maximum absolute atomic E-state index is 2.56. The summed E-state index contributed by atoms with van der Waals surface area (Å²) in [5.74, 6) is 0. The van der Waals surface area contributed by atoms with Gasteiger partial charge in [0, 0.05) is 22.5 Å². The van der Waals surface area contributed by atoms with Crippen molar-refractivity contribution >= 4 is 29.1 Å². The molecular formula is C36H24BN. The molecule has 0 bridgehead atoms. The fraction of sp³-hybridized carbons (Fsp3) is 0. The van der Waals surface area contributed by atoms with E-state index in [1.165, 1.54) is 66.8 Å². The zero-order valence-electron chi connectivity index (χ0n) is 20.9. The molecule has 8 rings (SSSR count). The van der Waals surface area contributed by atoms with Crippen LogP contribution in [-0.2, 0) is 0 Å². The number of fused-ring (bicyclic) bond motifs is 11. The predicted octanol–water partition coefficient (Wildman–Crippen LogP) is 7.93. The lowest BCUT2D eigenvalue weighted by molar-refractivity contribution is 1.35. The van der Waals surface area contributed by atoms with E-state index in [0.29, 0.717) is 0 Å². The zero-order valence-corrected chi connectivity index (χ0v) is 20.9. The molecule has 0 saturated heterocycles. The second-order valence-electron chi connectivity index (χ2n) is 10.1. The van der Waals surface area contributed by atoms with Crippen LogP contribution < -0.4 is 15.7 Å². The Morgan fingerprint density at radius 3 is 1.55 bits per heavy atom. The Morgan fingerprint density at radius 1 is 0.342 bits per heavy atom. The molecule has 2 heterocycles. The van der Waals surface area contributed by atoms with Crippen molar-refractivity contribution in [2.45, 2.75) is 0 Å². The number of nitrogens with zero attached hydrogens (tertiary/aromatic N) is 1. The highest BCUT2D eigenvalue weighted by atomic mass is 15.1. The van der Waals surface area contributed by atoms with Crippen molar-refractivity contribution in [2.75, 3.05) is 4.81 Å². The molecule has 176 valence electrons. The van der Waals surface area contributed by atoms with Crippen LogP contribution in [0.2, 0.25) is 0 Å². The molecule has 2 aliphatic heterocycles. The fourth-order valence-corrected chi connectivity index (χ4v) is 6.46. The number of benzene rings is 6. The van der Waals surface area contributed by atoms with Gasteiger partial charge in [0.1, 0.15) is 0 Å². The van der Waals surface area contributed by atoms with Gasteiger partial charge in [-0.15, -0.1) is 0 Å². The van der Waals surface area contributed by atoms with Crippen LogP contribution in [0.1, 0.15) is 0 Å². The number of hydrogen-bond acceptors (Lipinski definition) is 1. The lowest BCUT2D eigenvalue weighted by Gasteiger charge is -2.43. The average Bonchev–Trinajstić information content (AvgIpc) is 3.01. The van der Waals surface area contributed by atoms with Gasteiger partial charge < -0.3 is 4.81 Å². The summed E-state index contributed by atoms with van der Waals surface area (Å²) in [5.41, 5.74) is 15.5. The Bertz CT molecular complexity index is 1840. The van der Waals surface area contributed by atoms with E-state index >= 15 is 0 Å². The molecule has 0 radical (unpaired) electrons.